The number of carbonyl (C=O) groups is 3. The van der Waals surface area contributed by atoms with Crippen LogP contribution in [0, 0.1) is 0 Å². The molecule has 1 heterocycles. The van der Waals surface area contributed by atoms with Gasteiger partial charge in [-0.15, -0.1) is 0 Å². The summed E-state index contributed by atoms with van der Waals surface area (Å²) >= 11 is 0. The molecule has 1 fully saturated rings. The Morgan fingerprint density at radius 1 is 1.08 bits per heavy atom. The summed E-state index contributed by atoms with van der Waals surface area (Å²) in [5, 5.41) is 9.10. The topological polar surface area (TPSA) is 77.9 Å². The Balaban J connectivity index is 1.96. The van der Waals surface area contributed by atoms with Crippen LogP contribution in [0.15, 0.2) is 30.3 Å². The zero-order chi connectivity index (χ0) is 18.1. The van der Waals surface area contributed by atoms with Crippen molar-refractivity contribution in [1.82, 2.24) is 9.80 Å². The Bertz CT molecular complexity index is 588. The second-order valence-corrected chi connectivity index (χ2v) is 6.42. The predicted octanol–water partition coefficient (Wildman–Crippen LogP) is 1.93. The van der Waals surface area contributed by atoms with E-state index in [2.05, 4.69) is 0 Å². The number of carboxylic acids is 1. The van der Waals surface area contributed by atoms with Crippen LogP contribution in [-0.2, 0) is 20.8 Å². The Morgan fingerprint density at radius 2 is 1.80 bits per heavy atom. The summed E-state index contributed by atoms with van der Waals surface area (Å²) in [5.41, 5.74) is 1.05. The fourth-order valence-electron chi connectivity index (χ4n) is 3.01. The summed E-state index contributed by atoms with van der Waals surface area (Å²) in [5.74, 6) is -1.35. The number of benzene rings is 1. The Morgan fingerprint density at radius 3 is 2.52 bits per heavy atom. The van der Waals surface area contributed by atoms with Crippen LogP contribution < -0.4 is 0 Å². The molecule has 6 nitrogen and oxygen atoms in total. The van der Waals surface area contributed by atoms with Crippen LogP contribution in [0.2, 0.25) is 0 Å². The maximum atomic E-state index is 12.6. The summed E-state index contributed by atoms with van der Waals surface area (Å²) in [7, 11) is 0. The Kier molecular flexibility index (Phi) is 7.44. The van der Waals surface area contributed by atoms with E-state index in [0.29, 0.717) is 25.9 Å². The van der Waals surface area contributed by atoms with Crippen molar-refractivity contribution >= 4 is 17.8 Å². The normalized spacial score (nSPS) is 15.4. The third-order valence-electron chi connectivity index (χ3n) is 4.44. The average Bonchev–Trinajstić information content (AvgIpc) is 2.58. The molecular formula is C19H26N2O4. The summed E-state index contributed by atoms with van der Waals surface area (Å²) < 4.78 is 0. The highest BCUT2D eigenvalue weighted by atomic mass is 16.4. The van der Waals surface area contributed by atoms with E-state index in [4.69, 9.17) is 5.11 Å². The van der Waals surface area contributed by atoms with E-state index in [-0.39, 0.29) is 24.9 Å². The van der Waals surface area contributed by atoms with Gasteiger partial charge in [-0.25, -0.2) is 0 Å². The first kappa shape index (κ1) is 19.0. The number of amides is 2. The summed E-state index contributed by atoms with van der Waals surface area (Å²) in [4.78, 5) is 38.8. The molecule has 0 aliphatic carbocycles. The first-order chi connectivity index (χ1) is 12.1. The summed E-state index contributed by atoms with van der Waals surface area (Å²) in [6, 6.07) is 9.64. The Labute approximate surface area is 148 Å². The SMILES string of the molecule is O=C(O)CN(CCc1ccccc1)C(=O)CN1CCCCCCC1=O. The van der Waals surface area contributed by atoms with E-state index < -0.39 is 5.97 Å². The van der Waals surface area contributed by atoms with Crippen molar-refractivity contribution in [2.45, 2.75) is 38.5 Å². The molecule has 2 amide bonds. The smallest absolute Gasteiger partial charge is 0.323 e. The zero-order valence-corrected chi connectivity index (χ0v) is 14.5. The minimum absolute atomic E-state index is 0.00798. The van der Waals surface area contributed by atoms with Gasteiger partial charge in [0, 0.05) is 19.5 Å². The lowest BCUT2D eigenvalue weighted by molar-refractivity contribution is -0.146. The fraction of sp³-hybridized carbons (Fsp3) is 0.526. The van der Waals surface area contributed by atoms with Crippen molar-refractivity contribution in [3.05, 3.63) is 35.9 Å². The molecule has 1 aromatic carbocycles. The first-order valence-corrected chi connectivity index (χ1v) is 8.87. The largest absolute Gasteiger partial charge is 0.480 e. The highest BCUT2D eigenvalue weighted by Gasteiger charge is 2.23. The lowest BCUT2D eigenvalue weighted by Crippen LogP contribution is -2.45. The average molecular weight is 346 g/mol. The van der Waals surface area contributed by atoms with E-state index in [1.54, 1.807) is 4.90 Å². The van der Waals surface area contributed by atoms with E-state index in [9.17, 15) is 14.4 Å². The van der Waals surface area contributed by atoms with E-state index in [1.165, 1.54) is 4.90 Å². The molecule has 25 heavy (non-hydrogen) atoms. The molecule has 1 saturated heterocycles. The van der Waals surface area contributed by atoms with Gasteiger partial charge < -0.3 is 14.9 Å². The molecule has 0 unspecified atom stereocenters. The zero-order valence-electron chi connectivity index (χ0n) is 14.5. The van der Waals surface area contributed by atoms with Crippen LogP contribution in [0.5, 0.6) is 0 Å². The number of hydrogen-bond donors (Lipinski definition) is 1. The van der Waals surface area contributed by atoms with E-state index in [0.717, 1.165) is 31.2 Å². The number of nitrogens with zero attached hydrogens (tertiary/aromatic N) is 2. The van der Waals surface area contributed by atoms with Crippen molar-refractivity contribution in [1.29, 1.82) is 0 Å². The number of hydrogen-bond acceptors (Lipinski definition) is 3. The monoisotopic (exact) mass is 346 g/mol. The number of rotatable bonds is 7. The van der Waals surface area contributed by atoms with Crippen LogP contribution >= 0.6 is 0 Å². The Hall–Kier alpha value is -2.37. The molecule has 0 atom stereocenters. The second-order valence-electron chi connectivity index (χ2n) is 6.42. The molecule has 1 aliphatic rings. The summed E-state index contributed by atoms with van der Waals surface area (Å²) in [6.07, 6.45) is 4.92. The molecule has 6 heteroatoms. The number of aliphatic carboxylic acids is 1. The fourth-order valence-corrected chi connectivity index (χ4v) is 3.01. The van der Waals surface area contributed by atoms with Crippen LogP contribution in [-0.4, -0.2) is 58.9 Å². The number of carbonyl (C=O) groups excluding carboxylic acids is 2. The van der Waals surface area contributed by atoms with Crippen molar-refractivity contribution < 1.29 is 19.5 Å². The van der Waals surface area contributed by atoms with Crippen molar-refractivity contribution in [2.75, 3.05) is 26.2 Å². The lowest BCUT2D eigenvalue weighted by Gasteiger charge is -2.28. The highest BCUT2D eigenvalue weighted by Crippen LogP contribution is 2.12. The van der Waals surface area contributed by atoms with Gasteiger partial charge in [0.2, 0.25) is 11.8 Å². The molecule has 2 rings (SSSR count). The minimum atomic E-state index is -1.04. The van der Waals surface area contributed by atoms with E-state index in [1.807, 2.05) is 30.3 Å². The molecule has 0 aromatic heterocycles. The van der Waals surface area contributed by atoms with Gasteiger partial charge in [0.15, 0.2) is 0 Å². The van der Waals surface area contributed by atoms with Gasteiger partial charge in [0.05, 0.1) is 6.54 Å². The maximum absolute atomic E-state index is 12.6. The maximum Gasteiger partial charge on any atom is 0.323 e. The van der Waals surface area contributed by atoms with Gasteiger partial charge in [-0.1, -0.05) is 43.2 Å². The quantitative estimate of drug-likeness (QED) is 0.818. The molecule has 0 saturated carbocycles. The third-order valence-corrected chi connectivity index (χ3v) is 4.44. The molecule has 0 radical (unpaired) electrons. The van der Waals surface area contributed by atoms with Crippen molar-refractivity contribution in [3.63, 3.8) is 0 Å². The van der Waals surface area contributed by atoms with Crippen LogP contribution in [0.25, 0.3) is 0 Å². The molecule has 1 N–H and O–H groups in total. The minimum Gasteiger partial charge on any atom is -0.480 e. The van der Waals surface area contributed by atoms with Crippen molar-refractivity contribution in [2.24, 2.45) is 0 Å². The van der Waals surface area contributed by atoms with Gasteiger partial charge in [0.1, 0.15) is 6.54 Å². The van der Waals surface area contributed by atoms with Crippen LogP contribution in [0.1, 0.15) is 37.7 Å². The molecular weight excluding hydrogens is 320 g/mol. The van der Waals surface area contributed by atoms with Gasteiger partial charge in [-0.3, -0.25) is 14.4 Å². The number of carboxylic acid groups (broad SMARTS) is 1. The molecule has 0 spiro atoms. The van der Waals surface area contributed by atoms with Gasteiger partial charge >= 0.3 is 5.97 Å². The third kappa shape index (κ3) is 6.57. The second kappa shape index (κ2) is 9.81. The van der Waals surface area contributed by atoms with Crippen LogP contribution in [0.4, 0.5) is 0 Å². The predicted molar refractivity (Wildman–Crippen MR) is 94.0 cm³/mol. The highest BCUT2D eigenvalue weighted by molar-refractivity contribution is 5.86. The standard InChI is InChI=1S/C19H26N2O4/c22-17-10-6-1-2-7-12-20(17)14-18(23)21(15-19(24)25)13-11-16-8-4-3-5-9-16/h3-5,8-9H,1-2,6-7,10-15H2,(H,24,25). The van der Waals surface area contributed by atoms with Crippen LogP contribution in [0.3, 0.4) is 0 Å². The lowest BCUT2D eigenvalue weighted by atomic mass is 10.1. The van der Waals surface area contributed by atoms with Gasteiger partial charge in [-0.05, 0) is 24.8 Å². The van der Waals surface area contributed by atoms with Gasteiger partial charge in [0.25, 0.3) is 0 Å². The van der Waals surface area contributed by atoms with Crippen molar-refractivity contribution in [3.8, 4) is 0 Å². The molecule has 1 aliphatic heterocycles. The number of likely N-dealkylation sites (tertiary alicyclic amines) is 1. The summed E-state index contributed by atoms with van der Waals surface area (Å²) in [6.45, 7) is 0.538. The molecule has 0 bridgehead atoms. The van der Waals surface area contributed by atoms with E-state index >= 15 is 0 Å². The van der Waals surface area contributed by atoms with Gasteiger partial charge in [-0.2, -0.15) is 0 Å². The molecule has 1 aromatic rings. The molecule has 136 valence electrons. The first-order valence-electron chi connectivity index (χ1n) is 8.87.